The van der Waals surface area contributed by atoms with Crippen molar-refractivity contribution < 1.29 is 13.2 Å². The number of carbonyl (C=O) groups excluding carboxylic acids is 1. The van der Waals surface area contributed by atoms with E-state index in [2.05, 4.69) is 10.2 Å². The molecule has 8 heteroatoms. The fourth-order valence-corrected chi connectivity index (χ4v) is 4.73. The molecule has 2 aromatic rings. The molecular weight excluding hydrogens is 410 g/mol. The van der Waals surface area contributed by atoms with Crippen LogP contribution < -0.4 is 10.2 Å². The first kappa shape index (κ1) is 23.2. The van der Waals surface area contributed by atoms with Crippen molar-refractivity contribution in [2.75, 3.05) is 36.4 Å². The van der Waals surface area contributed by atoms with E-state index in [-0.39, 0.29) is 10.8 Å². The Morgan fingerprint density at radius 1 is 0.931 bits per heavy atom. The molecule has 29 heavy (non-hydrogen) atoms. The number of anilines is 2. The lowest BCUT2D eigenvalue weighted by atomic mass is 10.2. The molecule has 158 valence electrons. The zero-order chi connectivity index (χ0) is 21.6. The Morgan fingerprint density at radius 3 is 2.03 bits per heavy atom. The summed E-state index contributed by atoms with van der Waals surface area (Å²) in [5, 5.41) is 3.42. The molecule has 0 aliphatic carbocycles. The van der Waals surface area contributed by atoms with Crippen molar-refractivity contribution in [2.45, 2.75) is 32.6 Å². The molecule has 0 aliphatic heterocycles. The predicted molar refractivity (Wildman–Crippen MR) is 120 cm³/mol. The number of hydrogen-bond acceptors (Lipinski definition) is 4. The topological polar surface area (TPSA) is 69.7 Å². The Bertz CT molecular complexity index is 938. The number of sulfonamides is 1. The van der Waals surface area contributed by atoms with Crippen LogP contribution in [0.4, 0.5) is 11.4 Å². The van der Waals surface area contributed by atoms with Crippen molar-refractivity contribution in [1.29, 1.82) is 0 Å². The lowest BCUT2D eigenvalue weighted by molar-refractivity contribution is 0.102. The highest BCUT2D eigenvalue weighted by molar-refractivity contribution is 7.89. The van der Waals surface area contributed by atoms with Gasteiger partial charge >= 0.3 is 0 Å². The molecule has 0 heterocycles. The van der Waals surface area contributed by atoms with Crippen LogP contribution in [-0.2, 0) is 10.0 Å². The van der Waals surface area contributed by atoms with Gasteiger partial charge in [-0.15, -0.1) is 0 Å². The van der Waals surface area contributed by atoms with Gasteiger partial charge in [-0.2, -0.15) is 4.31 Å². The van der Waals surface area contributed by atoms with Gasteiger partial charge in [0, 0.05) is 36.8 Å². The van der Waals surface area contributed by atoms with Crippen molar-refractivity contribution in [3.05, 3.63) is 53.1 Å². The maximum Gasteiger partial charge on any atom is 0.255 e. The maximum atomic E-state index is 12.9. The van der Waals surface area contributed by atoms with Gasteiger partial charge in [0.2, 0.25) is 10.0 Å². The normalized spacial score (nSPS) is 11.5. The van der Waals surface area contributed by atoms with E-state index in [1.54, 1.807) is 50.2 Å². The highest BCUT2D eigenvalue weighted by Crippen LogP contribution is 2.30. The average Bonchev–Trinajstić information content (AvgIpc) is 2.71. The summed E-state index contributed by atoms with van der Waals surface area (Å²) in [6.07, 6.45) is 0. The summed E-state index contributed by atoms with van der Waals surface area (Å²) in [5.74, 6) is -0.326. The van der Waals surface area contributed by atoms with Crippen LogP contribution in [0.15, 0.2) is 47.4 Å². The van der Waals surface area contributed by atoms with Crippen LogP contribution in [0.1, 0.15) is 38.1 Å². The molecule has 0 atom stereocenters. The highest BCUT2D eigenvalue weighted by Gasteiger charge is 2.24. The summed E-state index contributed by atoms with van der Waals surface area (Å²) in [5.41, 5.74) is 1.68. The Labute approximate surface area is 178 Å². The van der Waals surface area contributed by atoms with Crippen LogP contribution in [0, 0.1) is 0 Å². The van der Waals surface area contributed by atoms with Gasteiger partial charge in [-0.25, -0.2) is 8.42 Å². The Balaban J connectivity index is 2.50. The second-order valence-electron chi connectivity index (χ2n) is 6.40. The van der Waals surface area contributed by atoms with Crippen LogP contribution in [0.5, 0.6) is 0 Å². The molecule has 0 spiro atoms. The summed E-state index contributed by atoms with van der Waals surface area (Å²) in [6, 6.07) is 11.4. The van der Waals surface area contributed by atoms with Gasteiger partial charge in [0.1, 0.15) is 0 Å². The van der Waals surface area contributed by atoms with Crippen molar-refractivity contribution in [1.82, 2.24) is 4.31 Å². The largest absolute Gasteiger partial charge is 0.370 e. The Morgan fingerprint density at radius 2 is 1.52 bits per heavy atom. The van der Waals surface area contributed by atoms with E-state index in [0.717, 1.165) is 18.8 Å². The van der Waals surface area contributed by atoms with Gasteiger partial charge in [0.05, 0.1) is 16.3 Å². The molecule has 2 aromatic carbocycles. The standard InChI is InChI=1S/C21H28ClN3O3S/c1-5-24(6-2)20-14-13-18(29(27,28)25(7-3)8-4)15-19(20)23-21(26)16-9-11-17(22)12-10-16/h9-15H,5-8H2,1-4H3,(H,23,26). The van der Waals surface area contributed by atoms with Crippen molar-refractivity contribution in [3.63, 3.8) is 0 Å². The molecule has 0 aliphatic rings. The highest BCUT2D eigenvalue weighted by atomic mass is 35.5. The van der Waals surface area contributed by atoms with Crippen LogP contribution in [0.2, 0.25) is 5.02 Å². The monoisotopic (exact) mass is 437 g/mol. The molecular formula is C21H28ClN3O3S. The number of carbonyl (C=O) groups is 1. The smallest absolute Gasteiger partial charge is 0.255 e. The fraction of sp³-hybridized carbons (Fsp3) is 0.381. The number of halogens is 1. The van der Waals surface area contributed by atoms with Crippen molar-refractivity contribution >= 4 is 38.9 Å². The number of nitrogens with zero attached hydrogens (tertiary/aromatic N) is 2. The van der Waals surface area contributed by atoms with Crippen molar-refractivity contribution in [2.24, 2.45) is 0 Å². The van der Waals surface area contributed by atoms with E-state index in [0.29, 0.717) is 29.4 Å². The summed E-state index contributed by atoms with van der Waals surface area (Å²) in [7, 11) is -3.64. The van der Waals surface area contributed by atoms with Gasteiger partial charge < -0.3 is 10.2 Å². The minimum atomic E-state index is -3.64. The molecule has 6 nitrogen and oxygen atoms in total. The number of hydrogen-bond donors (Lipinski definition) is 1. The third kappa shape index (κ3) is 5.29. The SMILES string of the molecule is CCN(CC)c1ccc(S(=O)(=O)N(CC)CC)cc1NC(=O)c1ccc(Cl)cc1. The quantitative estimate of drug-likeness (QED) is 0.628. The molecule has 0 aromatic heterocycles. The summed E-state index contributed by atoms with van der Waals surface area (Å²) in [4.78, 5) is 15.0. The number of amides is 1. The molecule has 1 N–H and O–H groups in total. The second kappa shape index (κ2) is 10.1. The van der Waals surface area contributed by atoms with Crippen LogP contribution in [0.3, 0.4) is 0 Å². The first-order chi connectivity index (χ1) is 13.8. The second-order valence-corrected chi connectivity index (χ2v) is 8.78. The molecule has 2 rings (SSSR count). The fourth-order valence-electron chi connectivity index (χ4n) is 3.12. The van der Waals surface area contributed by atoms with Crippen LogP contribution in [0.25, 0.3) is 0 Å². The maximum absolute atomic E-state index is 12.9. The van der Waals surface area contributed by atoms with Gasteiger partial charge in [-0.1, -0.05) is 25.4 Å². The predicted octanol–water partition coefficient (Wildman–Crippen LogP) is 4.47. The zero-order valence-corrected chi connectivity index (χ0v) is 18.8. The summed E-state index contributed by atoms with van der Waals surface area (Å²) >= 11 is 5.90. The molecule has 0 saturated heterocycles. The van der Waals surface area contributed by atoms with Gasteiger partial charge in [-0.05, 0) is 56.3 Å². The van der Waals surface area contributed by atoms with E-state index in [1.807, 2.05) is 13.8 Å². The zero-order valence-electron chi connectivity index (χ0n) is 17.3. The molecule has 1 amide bonds. The first-order valence-electron chi connectivity index (χ1n) is 9.74. The number of benzene rings is 2. The number of nitrogens with one attached hydrogen (secondary N) is 1. The van der Waals surface area contributed by atoms with E-state index >= 15 is 0 Å². The number of rotatable bonds is 9. The molecule has 0 unspecified atom stereocenters. The van der Waals surface area contributed by atoms with Crippen LogP contribution in [-0.4, -0.2) is 44.8 Å². The van der Waals surface area contributed by atoms with E-state index in [1.165, 1.54) is 10.4 Å². The molecule has 0 saturated carbocycles. The van der Waals surface area contributed by atoms with Gasteiger partial charge in [-0.3, -0.25) is 4.79 Å². The lowest BCUT2D eigenvalue weighted by Crippen LogP contribution is -2.31. The third-order valence-electron chi connectivity index (χ3n) is 4.77. The van der Waals surface area contributed by atoms with E-state index in [9.17, 15) is 13.2 Å². The van der Waals surface area contributed by atoms with Gasteiger partial charge in [0.15, 0.2) is 0 Å². The molecule has 0 bridgehead atoms. The molecule has 0 radical (unpaired) electrons. The Hall–Kier alpha value is -2.09. The molecule has 0 fully saturated rings. The minimum Gasteiger partial charge on any atom is -0.370 e. The van der Waals surface area contributed by atoms with E-state index in [4.69, 9.17) is 11.6 Å². The van der Waals surface area contributed by atoms with E-state index < -0.39 is 10.0 Å². The Kier molecular flexibility index (Phi) is 8.07. The first-order valence-corrected chi connectivity index (χ1v) is 11.6. The summed E-state index contributed by atoms with van der Waals surface area (Å²) < 4.78 is 27.3. The van der Waals surface area contributed by atoms with Crippen LogP contribution >= 0.6 is 11.6 Å². The minimum absolute atomic E-state index is 0.156. The third-order valence-corrected chi connectivity index (χ3v) is 7.07. The average molecular weight is 438 g/mol. The van der Waals surface area contributed by atoms with Gasteiger partial charge in [0.25, 0.3) is 5.91 Å². The lowest BCUT2D eigenvalue weighted by Gasteiger charge is -2.26. The van der Waals surface area contributed by atoms with Crippen molar-refractivity contribution in [3.8, 4) is 0 Å². The summed E-state index contributed by atoms with van der Waals surface area (Å²) in [6.45, 7) is 9.82.